The van der Waals surface area contributed by atoms with Crippen LogP contribution in [0.15, 0.2) is 48.2 Å². The summed E-state index contributed by atoms with van der Waals surface area (Å²) in [6.07, 6.45) is 3.77. The number of unbranched alkanes of at least 4 members (excludes halogenated alkanes) is 1. The quantitative estimate of drug-likeness (QED) is 0.736. The Labute approximate surface area is 106 Å². The average Bonchev–Trinajstić information content (AvgIpc) is 2.74. The number of allylic oxidation sites excluding steroid dienone is 2. The monoisotopic (exact) mass is 238 g/mol. The molecule has 0 atom stereocenters. The van der Waals surface area contributed by atoms with E-state index in [0.717, 1.165) is 23.6 Å². The molecule has 1 heterocycles. The summed E-state index contributed by atoms with van der Waals surface area (Å²) >= 11 is 0. The minimum Gasteiger partial charge on any atom is -0.452 e. The van der Waals surface area contributed by atoms with E-state index in [1.807, 2.05) is 42.5 Å². The van der Waals surface area contributed by atoms with Crippen molar-refractivity contribution in [3.8, 4) is 5.75 Å². The fourth-order valence-corrected chi connectivity index (χ4v) is 2.23. The second-order valence-corrected chi connectivity index (χ2v) is 4.45. The van der Waals surface area contributed by atoms with Gasteiger partial charge in [-0.1, -0.05) is 43.7 Å². The predicted molar refractivity (Wildman–Crippen MR) is 71.9 cm³/mol. The molecule has 2 aromatic rings. The maximum Gasteiger partial charge on any atom is 0.231 e. The number of rotatable bonds is 2. The Hall–Kier alpha value is -2.09. The topological polar surface area (TPSA) is 26.3 Å². The highest BCUT2D eigenvalue weighted by atomic mass is 16.5. The van der Waals surface area contributed by atoms with E-state index < -0.39 is 0 Å². The molecule has 3 rings (SSSR count). The van der Waals surface area contributed by atoms with Crippen LogP contribution in [0.4, 0.5) is 0 Å². The molecule has 0 aromatic heterocycles. The maximum absolute atomic E-state index is 12.2. The van der Waals surface area contributed by atoms with Crippen LogP contribution >= 0.6 is 0 Å². The number of carbonyl (C=O) groups excluding carboxylic acids is 1. The average molecular weight is 238 g/mol. The van der Waals surface area contributed by atoms with E-state index in [2.05, 4.69) is 6.92 Å². The Morgan fingerprint density at radius 3 is 2.83 bits per heavy atom. The molecular formula is C16H14O2. The minimum absolute atomic E-state index is 0.00389. The maximum atomic E-state index is 12.2. The summed E-state index contributed by atoms with van der Waals surface area (Å²) in [4.78, 5) is 12.2. The first-order chi connectivity index (χ1) is 8.81. The molecule has 0 bridgehead atoms. The lowest BCUT2D eigenvalue weighted by Crippen LogP contribution is -1.97. The first-order valence-electron chi connectivity index (χ1n) is 6.25. The van der Waals surface area contributed by atoms with Gasteiger partial charge in [0.2, 0.25) is 5.78 Å². The summed E-state index contributed by atoms with van der Waals surface area (Å²) in [6.45, 7) is 2.08. The summed E-state index contributed by atoms with van der Waals surface area (Å²) in [5.74, 6) is 1.19. The van der Waals surface area contributed by atoms with Crippen LogP contribution in [0.2, 0.25) is 0 Å². The lowest BCUT2D eigenvalue weighted by Gasteiger charge is -2.03. The number of ether oxygens (including phenoxy) is 1. The second kappa shape index (κ2) is 4.30. The number of carbonyl (C=O) groups is 1. The standard InChI is InChI=1S/C16H14O2/c1-2-3-8-14-15(17)13-10-9-11-6-4-5-7-12(11)16(13)18-14/h4-10H,2-3H2,1H3/b14-8-. The molecule has 2 aromatic carbocycles. The highest BCUT2D eigenvalue weighted by Crippen LogP contribution is 2.37. The normalized spacial score (nSPS) is 16.1. The number of hydrogen-bond donors (Lipinski definition) is 0. The molecule has 1 aliphatic rings. The molecule has 0 amide bonds. The van der Waals surface area contributed by atoms with E-state index in [0.29, 0.717) is 17.1 Å². The third kappa shape index (κ3) is 1.61. The number of benzene rings is 2. The van der Waals surface area contributed by atoms with Gasteiger partial charge in [0.25, 0.3) is 0 Å². The Morgan fingerprint density at radius 1 is 1.17 bits per heavy atom. The van der Waals surface area contributed by atoms with E-state index >= 15 is 0 Å². The third-order valence-corrected chi connectivity index (χ3v) is 3.18. The summed E-state index contributed by atoms with van der Waals surface area (Å²) < 4.78 is 5.75. The molecule has 0 saturated heterocycles. The molecule has 0 spiro atoms. The van der Waals surface area contributed by atoms with Crippen molar-refractivity contribution in [1.82, 2.24) is 0 Å². The van der Waals surface area contributed by atoms with Crippen molar-refractivity contribution in [2.45, 2.75) is 19.8 Å². The summed E-state index contributed by atoms with van der Waals surface area (Å²) in [6, 6.07) is 11.8. The first kappa shape index (κ1) is 11.0. The molecule has 0 fully saturated rings. The van der Waals surface area contributed by atoms with Gasteiger partial charge in [-0.05, 0) is 23.9 Å². The highest BCUT2D eigenvalue weighted by molar-refractivity contribution is 6.15. The van der Waals surface area contributed by atoms with Crippen LogP contribution in [0.5, 0.6) is 5.75 Å². The second-order valence-electron chi connectivity index (χ2n) is 4.45. The number of ketones is 1. The smallest absolute Gasteiger partial charge is 0.231 e. The van der Waals surface area contributed by atoms with Crippen molar-refractivity contribution in [2.75, 3.05) is 0 Å². The van der Waals surface area contributed by atoms with Gasteiger partial charge in [-0.15, -0.1) is 0 Å². The SMILES string of the molecule is CCC/C=C1\Oc2c(ccc3ccccc23)C1=O. The van der Waals surface area contributed by atoms with Crippen LogP contribution in [0.3, 0.4) is 0 Å². The van der Waals surface area contributed by atoms with Crippen molar-refractivity contribution in [3.63, 3.8) is 0 Å². The van der Waals surface area contributed by atoms with Crippen molar-refractivity contribution >= 4 is 16.6 Å². The van der Waals surface area contributed by atoms with E-state index in [1.165, 1.54) is 0 Å². The zero-order chi connectivity index (χ0) is 12.5. The van der Waals surface area contributed by atoms with Crippen LogP contribution in [0.1, 0.15) is 30.1 Å². The number of fused-ring (bicyclic) bond motifs is 3. The van der Waals surface area contributed by atoms with Gasteiger partial charge in [0.05, 0.1) is 5.56 Å². The molecule has 2 nitrogen and oxygen atoms in total. The molecule has 18 heavy (non-hydrogen) atoms. The van der Waals surface area contributed by atoms with Gasteiger partial charge in [0.1, 0.15) is 5.75 Å². The molecule has 0 radical (unpaired) electrons. The van der Waals surface area contributed by atoms with E-state index in [-0.39, 0.29) is 5.78 Å². The Bertz CT molecular complexity index is 653. The highest BCUT2D eigenvalue weighted by Gasteiger charge is 2.28. The van der Waals surface area contributed by atoms with E-state index in [9.17, 15) is 4.79 Å². The Kier molecular flexibility index (Phi) is 2.63. The first-order valence-corrected chi connectivity index (χ1v) is 6.25. The fraction of sp³-hybridized carbons (Fsp3) is 0.188. The molecule has 0 unspecified atom stereocenters. The third-order valence-electron chi connectivity index (χ3n) is 3.18. The molecule has 90 valence electrons. The van der Waals surface area contributed by atoms with Crippen molar-refractivity contribution in [1.29, 1.82) is 0 Å². The zero-order valence-corrected chi connectivity index (χ0v) is 10.3. The van der Waals surface area contributed by atoms with Crippen LogP contribution < -0.4 is 4.74 Å². The van der Waals surface area contributed by atoms with E-state index in [1.54, 1.807) is 0 Å². The lowest BCUT2D eigenvalue weighted by molar-refractivity contribution is 0.101. The Balaban J connectivity index is 2.14. The van der Waals surface area contributed by atoms with Gasteiger partial charge >= 0.3 is 0 Å². The van der Waals surface area contributed by atoms with Gasteiger partial charge in [0.15, 0.2) is 5.76 Å². The summed E-state index contributed by atoms with van der Waals surface area (Å²) in [5, 5.41) is 2.10. The zero-order valence-electron chi connectivity index (χ0n) is 10.3. The van der Waals surface area contributed by atoms with Crippen molar-refractivity contribution < 1.29 is 9.53 Å². The van der Waals surface area contributed by atoms with Gasteiger partial charge in [0, 0.05) is 5.39 Å². The largest absolute Gasteiger partial charge is 0.452 e. The molecule has 0 N–H and O–H groups in total. The van der Waals surface area contributed by atoms with Crippen molar-refractivity contribution in [2.24, 2.45) is 0 Å². The van der Waals surface area contributed by atoms with Crippen molar-refractivity contribution in [3.05, 3.63) is 53.8 Å². The molecule has 1 aliphatic heterocycles. The van der Waals surface area contributed by atoms with Crippen LogP contribution in [0, 0.1) is 0 Å². The minimum atomic E-state index is 0.00389. The molecule has 0 aliphatic carbocycles. The Morgan fingerprint density at radius 2 is 2.00 bits per heavy atom. The van der Waals surface area contributed by atoms with Crippen LogP contribution in [-0.4, -0.2) is 5.78 Å². The fourth-order valence-electron chi connectivity index (χ4n) is 2.23. The van der Waals surface area contributed by atoms with Gasteiger partial charge in [-0.3, -0.25) is 4.79 Å². The summed E-state index contributed by atoms with van der Waals surface area (Å²) in [5.41, 5.74) is 0.677. The molecule has 2 heteroatoms. The van der Waals surface area contributed by atoms with Crippen LogP contribution in [0.25, 0.3) is 10.8 Å². The van der Waals surface area contributed by atoms with Crippen LogP contribution in [-0.2, 0) is 0 Å². The van der Waals surface area contributed by atoms with Gasteiger partial charge < -0.3 is 4.74 Å². The van der Waals surface area contributed by atoms with Gasteiger partial charge in [-0.25, -0.2) is 0 Å². The lowest BCUT2D eigenvalue weighted by atomic mass is 10.0. The number of Topliss-reactive ketones (excluding diaryl/α,β-unsaturated/α-hetero) is 1. The predicted octanol–water partition coefficient (Wildman–Crippen LogP) is 4.10. The van der Waals surface area contributed by atoms with Gasteiger partial charge in [-0.2, -0.15) is 0 Å². The molecular weight excluding hydrogens is 224 g/mol. The molecule has 0 saturated carbocycles. The summed E-state index contributed by atoms with van der Waals surface area (Å²) in [7, 11) is 0. The van der Waals surface area contributed by atoms with E-state index in [4.69, 9.17) is 4.74 Å². The number of hydrogen-bond acceptors (Lipinski definition) is 2.